The maximum Gasteiger partial charge on any atom is 0.178 e. The van der Waals surface area contributed by atoms with Gasteiger partial charge in [-0.1, -0.05) is 0 Å². The van der Waals surface area contributed by atoms with Crippen LogP contribution >= 0.6 is 0 Å². The number of hydrogen-bond donors (Lipinski definition) is 1. The van der Waals surface area contributed by atoms with Crippen LogP contribution in [0.4, 0.5) is 0 Å². The van der Waals surface area contributed by atoms with Crippen molar-refractivity contribution in [1.82, 2.24) is 25.1 Å². The molecule has 5 heteroatoms. The first-order valence-corrected chi connectivity index (χ1v) is 6.35. The molecular weight excluding hydrogens is 226 g/mol. The summed E-state index contributed by atoms with van der Waals surface area (Å²) in [5.74, 6) is 0.767. The molecule has 0 radical (unpaired) electrons. The Kier molecular flexibility index (Phi) is 2.83. The van der Waals surface area contributed by atoms with Gasteiger partial charge in [-0.3, -0.25) is 4.68 Å². The molecule has 0 saturated heterocycles. The molecule has 0 saturated carbocycles. The normalized spacial score (nSPS) is 14.8. The van der Waals surface area contributed by atoms with Crippen molar-refractivity contribution in [1.29, 1.82) is 0 Å². The summed E-state index contributed by atoms with van der Waals surface area (Å²) in [6, 6.07) is 2.15. The lowest BCUT2D eigenvalue weighted by Crippen LogP contribution is -2.23. The summed E-state index contributed by atoms with van der Waals surface area (Å²) in [6.07, 6.45) is 4.54. The molecule has 3 rings (SSSR count). The summed E-state index contributed by atoms with van der Waals surface area (Å²) in [4.78, 5) is 8.75. The quantitative estimate of drug-likeness (QED) is 0.869. The minimum absolute atomic E-state index is 0.314. The van der Waals surface area contributed by atoms with Gasteiger partial charge in [-0.15, -0.1) is 0 Å². The van der Waals surface area contributed by atoms with Crippen molar-refractivity contribution >= 4 is 0 Å². The van der Waals surface area contributed by atoms with Crippen LogP contribution in [0.3, 0.4) is 0 Å². The van der Waals surface area contributed by atoms with E-state index in [1.54, 1.807) is 12.4 Å². The van der Waals surface area contributed by atoms with Gasteiger partial charge in [0, 0.05) is 43.5 Å². The van der Waals surface area contributed by atoms with E-state index in [2.05, 4.69) is 29.1 Å². The fourth-order valence-corrected chi connectivity index (χ4v) is 2.35. The predicted molar refractivity (Wildman–Crippen MR) is 69.0 cm³/mol. The average Bonchev–Trinajstić information content (AvgIpc) is 2.79. The Labute approximate surface area is 106 Å². The number of aromatic nitrogens is 4. The third-order valence-corrected chi connectivity index (χ3v) is 3.20. The van der Waals surface area contributed by atoms with Crippen molar-refractivity contribution in [3.63, 3.8) is 0 Å². The van der Waals surface area contributed by atoms with E-state index < -0.39 is 0 Å². The first-order valence-electron chi connectivity index (χ1n) is 6.35. The first kappa shape index (κ1) is 11.3. The smallest absolute Gasteiger partial charge is 0.178 e. The van der Waals surface area contributed by atoms with E-state index in [0.29, 0.717) is 6.04 Å². The van der Waals surface area contributed by atoms with Crippen LogP contribution in [-0.2, 0) is 13.0 Å². The second kappa shape index (κ2) is 4.49. The van der Waals surface area contributed by atoms with Crippen molar-refractivity contribution in [2.24, 2.45) is 0 Å². The lowest BCUT2D eigenvalue weighted by Gasteiger charge is -2.13. The van der Waals surface area contributed by atoms with E-state index >= 15 is 0 Å². The minimum atomic E-state index is 0.314. The SMILES string of the molecule is CC(C)n1nc2c(c1-c1ncccn1)CNCC2. The Morgan fingerprint density at radius 2 is 2.06 bits per heavy atom. The fraction of sp³-hybridized carbons (Fsp3) is 0.462. The lowest BCUT2D eigenvalue weighted by atomic mass is 10.1. The van der Waals surface area contributed by atoms with Gasteiger partial charge in [0.05, 0.1) is 5.69 Å². The summed E-state index contributed by atoms with van der Waals surface area (Å²) >= 11 is 0. The molecule has 94 valence electrons. The topological polar surface area (TPSA) is 55.6 Å². The summed E-state index contributed by atoms with van der Waals surface area (Å²) in [6.45, 7) is 6.13. The summed E-state index contributed by atoms with van der Waals surface area (Å²) in [5, 5.41) is 8.12. The van der Waals surface area contributed by atoms with Crippen LogP contribution in [0, 0.1) is 0 Å². The standard InChI is InChI=1S/C13H17N5/c1-9(2)18-12(13-15-5-3-6-16-13)10-8-14-7-4-11(10)17-18/h3,5-6,9,14H,4,7-8H2,1-2H3. The summed E-state index contributed by atoms with van der Waals surface area (Å²) < 4.78 is 2.05. The van der Waals surface area contributed by atoms with Gasteiger partial charge in [-0.05, 0) is 19.9 Å². The number of hydrogen-bond acceptors (Lipinski definition) is 4. The molecule has 0 aromatic carbocycles. The minimum Gasteiger partial charge on any atom is -0.312 e. The highest BCUT2D eigenvalue weighted by atomic mass is 15.3. The highest BCUT2D eigenvalue weighted by molar-refractivity contribution is 5.57. The first-order chi connectivity index (χ1) is 8.77. The van der Waals surface area contributed by atoms with E-state index in [1.165, 1.54) is 11.3 Å². The van der Waals surface area contributed by atoms with Gasteiger partial charge in [0.2, 0.25) is 0 Å². The molecule has 0 atom stereocenters. The highest BCUT2D eigenvalue weighted by Gasteiger charge is 2.23. The van der Waals surface area contributed by atoms with Crippen LogP contribution in [-0.4, -0.2) is 26.3 Å². The van der Waals surface area contributed by atoms with Gasteiger partial charge in [-0.25, -0.2) is 9.97 Å². The third-order valence-electron chi connectivity index (χ3n) is 3.20. The third kappa shape index (κ3) is 1.80. The Hall–Kier alpha value is -1.75. The zero-order chi connectivity index (χ0) is 12.5. The molecule has 0 amide bonds. The maximum atomic E-state index is 4.72. The molecule has 0 aliphatic carbocycles. The van der Waals surface area contributed by atoms with Crippen LogP contribution in [0.2, 0.25) is 0 Å². The Balaban J connectivity index is 2.19. The van der Waals surface area contributed by atoms with Gasteiger partial charge in [0.15, 0.2) is 5.82 Å². The van der Waals surface area contributed by atoms with E-state index in [-0.39, 0.29) is 0 Å². The van der Waals surface area contributed by atoms with Crippen molar-refractivity contribution in [2.45, 2.75) is 32.9 Å². The fourth-order valence-electron chi connectivity index (χ4n) is 2.35. The molecule has 2 aromatic rings. The molecule has 18 heavy (non-hydrogen) atoms. The zero-order valence-corrected chi connectivity index (χ0v) is 10.7. The molecule has 1 aliphatic rings. The molecule has 1 N–H and O–H groups in total. The molecule has 0 fully saturated rings. The average molecular weight is 243 g/mol. The van der Waals surface area contributed by atoms with Crippen molar-refractivity contribution < 1.29 is 0 Å². The van der Waals surface area contributed by atoms with E-state index in [9.17, 15) is 0 Å². The zero-order valence-electron chi connectivity index (χ0n) is 10.7. The van der Waals surface area contributed by atoms with Gasteiger partial charge < -0.3 is 5.32 Å². The molecular formula is C13H17N5. The van der Waals surface area contributed by atoms with Crippen LogP contribution in [0.5, 0.6) is 0 Å². The summed E-state index contributed by atoms with van der Waals surface area (Å²) in [7, 11) is 0. The Morgan fingerprint density at radius 1 is 1.28 bits per heavy atom. The largest absolute Gasteiger partial charge is 0.312 e. The number of fused-ring (bicyclic) bond motifs is 1. The van der Waals surface area contributed by atoms with Crippen molar-refractivity contribution in [3.05, 3.63) is 29.7 Å². The molecule has 0 unspecified atom stereocenters. The van der Waals surface area contributed by atoms with E-state index in [1.807, 2.05) is 10.7 Å². The summed E-state index contributed by atoms with van der Waals surface area (Å²) in [5.41, 5.74) is 3.50. The van der Waals surface area contributed by atoms with Crippen LogP contribution < -0.4 is 5.32 Å². The number of nitrogens with zero attached hydrogens (tertiary/aromatic N) is 4. The van der Waals surface area contributed by atoms with E-state index in [0.717, 1.165) is 31.0 Å². The predicted octanol–water partition coefficient (Wildman–Crippen LogP) is 1.57. The van der Waals surface area contributed by atoms with Gasteiger partial charge >= 0.3 is 0 Å². The molecule has 0 bridgehead atoms. The van der Waals surface area contributed by atoms with Gasteiger partial charge in [0.1, 0.15) is 5.69 Å². The maximum absolute atomic E-state index is 4.72. The van der Waals surface area contributed by atoms with E-state index in [4.69, 9.17) is 5.10 Å². The second-order valence-corrected chi connectivity index (χ2v) is 4.81. The van der Waals surface area contributed by atoms with Crippen LogP contribution in [0.15, 0.2) is 18.5 Å². The van der Waals surface area contributed by atoms with Gasteiger partial charge in [0.25, 0.3) is 0 Å². The Bertz CT molecular complexity index is 544. The molecule has 2 aromatic heterocycles. The monoisotopic (exact) mass is 243 g/mol. The molecule has 0 spiro atoms. The highest BCUT2D eigenvalue weighted by Crippen LogP contribution is 2.28. The Morgan fingerprint density at radius 3 is 2.78 bits per heavy atom. The molecule has 1 aliphatic heterocycles. The van der Waals surface area contributed by atoms with Gasteiger partial charge in [-0.2, -0.15) is 5.10 Å². The molecule has 5 nitrogen and oxygen atoms in total. The number of rotatable bonds is 2. The number of nitrogens with one attached hydrogen (secondary N) is 1. The van der Waals surface area contributed by atoms with Crippen LogP contribution in [0.1, 0.15) is 31.1 Å². The molecule has 3 heterocycles. The van der Waals surface area contributed by atoms with Crippen molar-refractivity contribution in [3.8, 4) is 11.5 Å². The second-order valence-electron chi connectivity index (χ2n) is 4.81. The van der Waals surface area contributed by atoms with Crippen molar-refractivity contribution in [2.75, 3.05) is 6.54 Å². The van der Waals surface area contributed by atoms with Crippen LogP contribution in [0.25, 0.3) is 11.5 Å². The lowest BCUT2D eigenvalue weighted by molar-refractivity contribution is 0.529.